The standard InChI is InChI=1S/C33H31N5O4/c34-32(40)33(21-27-9-4-5-10-28(27)22-36-38-35)30(25-13-11-24(12-14-25)23-7-2-1-3-8-23)42-31(37-33)26-15-17-29(18-16-26)41-20-6-19-39/h1-5,7-18,30,39H,6,19-22H2,(H2,34,40)/t30-,33-/m1/s1. The van der Waals surface area contributed by atoms with Gasteiger partial charge in [-0.05, 0) is 57.6 Å². The van der Waals surface area contributed by atoms with Crippen LogP contribution in [0.1, 0.15) is 34.8 Å². The fraction of sp³-hybridized carbons (Fsp3) is 0.212. The molecule has 0 saturated carbocycles. The van der Waals surface area contributed by atoms with E-state index in [4.69, 9.17) is 30.8 Å². The first-order valence-corrected chi connectivity index (χ1v) is 13.7. The Morgan fingerprint density at radius 3 is 2.24 bits per heavy atom. The molecule has 0 aromatic heterocycles. The van der Waals surface area contributed by atoms with Crippen LogP contribution in [-0.4, -0.2) is 35.7 Å². The van der Waals surface area contributed by atoms with E-state index < -0.39 is 17.6 Å². The van der Waals surface area contributed by atoms with Gasteiger partial charge in [0.15, 0.2) is 11.6 Å². The zero-order valence-electron chi connectivity index (χ0n) is 23.0. The summed E-state index contributed by atoms with van der Waals surface area (Å²) in [6.07, 6.45) is -0.121. The van der Waals surface area contributed by atoms with Crippen molar-refractivity contribution in [3.05, 3.63) is 136 Å². The summed E-state index contributed by atoms with van der Waals surface area (Å²) in [5.41, 5.74) is 18.7. The van der Waals surface area contributed by atoms with Gasteiger partial charge in [0.2, 0.25) is 11.8 Å². The lowest BCUT2D eigenvalue weighted by molar-refractivity contribution is -0.125. The quantitative estimate of drug-likeness (QED) is 0.0959. The molecule has 0 saturated heterocycles. The summed E-state index contributed by atoms with van der Waals surface area (Å²) < 4.78 is 12.1. The van der Waals surface area contributed by atoms with Gasteiger partial charge >= 0.3 is 0 Å². The Labute approximate surface area is 243 Å². The van der Waals surface area contributed by atoms with Crippen molar-refractivity contribution in [2.24, 2.45) is 15.8 Å². The predicted molar refractivity (Wildman–Crippen MR) is 161 cm³/mol. The molecule has 1 aliphatic heterocycles. The van der Waals surface area contributed by atoms with Crippen molar-refractivity contribution >= 4 is 11.8 Å². The van der Waals surface area contributed by atoms with Crippen LogP contribution in [0.4, 0.5) is 0 Å². The van der Waals surface area contributed by atoms with Crippen molar-refractivity contribution < 1.29 is 19.4 Å². The largest absolute Gasteiger partial charge is 0.494 e. The second-order valence-electron chi connectivity index (χ2n) is 9.98. The van der Waals surface area contributed by atoms with Crippen LogP contribution in [0.3, 0.4) is 0 Å². The minimum Gasteiger partial charge on any atom is -0.494 e. The van der Waals surface area contributed by atoms with E-state index in [0.717, 1.165) is 27.8 Å². The summed E-state index contributed by atoms with van der Waals surface area (Å²) in [7, 11) is 0. The number of hydrogen-bond donors (Lipinski definition) is 2. The number of aliphatic imine (C=N–C) groups is 1. The van der Waals surface area contributed by atoms with E-state index in [1.54, 1.807) is 12.1 Å². The Morgan fingerprint density at radius 1 is 0.929 bits per heavy atom. The van der Waals surface area contributed by atoms with Gasteiger partial charge in [0, 0.05) is 29.9 Å². The van der Waals surface area contributed by atoms with Gasteiger partial charge < -0.3 is 20.3 Å². The topological polar surface area (TPSA) is 143 Å². The normalized spacial score (nSPS) is 17.5. The van der Waals surface area contributed by atoms with Crippen molar-refractivity contribution in [3.63, 3.8) is 0 Å². The van der Waals surface area contributed by atoms with Crippen molar-refractivity contribution in [2.75, 3.05) is 13.2 Å². The first-order valence-electron chi connectivity index (χ1n) is 13.7. The number of amides is 1. The smallest absolute Gasteiger partial charge is 0.250 e. The first-order chi connectivity index (χ1) is 20.5. The monoisotopic (exact) mass is 561 g/mol. The number of aliphatic hydroxyl groups excluding tert-OH is 1. The highest BCUT2D eigenvalue weighted by Crippen LogP contribution is 2.43. The maximum Gasteiger partial charge on any atom is 0.250 e. The molecular formula is C33H31N5O4. The molecule has 9 nitrogen and oxygen atoms in total. The summed E-state index contributed by atoms with van der Waals surface area (Å²) in [6, 6.07) is 32.5. The summed E-state index contributed by atoms with van der Waals surface area (Å²) in [4.78, 5) is 21.2. The SMILES string of the molecule is [N-]=[N+]=NCc1ccccc1C[C@@]1(C(N)=O)N=C(c2ccc(OCCCO)cc2)O[C@@H]1c1ccc(-c2ccccc2)cc1. The third-order valence-corrected chi connectivity index (χ3v) is 7.27. The van der Waals surface area contributed by atoms with E-state index in [2.05, 4.69) is 10.0 Å². The van der Waals surface area contributed by atoms with Crippen LogP contribution < -0.4 is 10.5 Å². The van der Waals surface area contributed by atoms with E-state index in [9.17, 15) is 4.79 Å². The number of carbonyl (C=O) groups is 1. The summed E-state index contributed by atoms with van der Waals surface area (Å²) in [5.74, 6) is 0.310. The van der Waals surface area contributed by atoms with Gasteiger partial charge in [0.05, 0.1) is 13.2 Å². The van der Waals surface area contributed by atoms with Gasteiger partial charge in [-0.1, -0.05) is 84.0 Å². The predicted octanol–water partition coefficient (Wildman–Crippen LogP) is 5.91. The molecule has 42 heavy (non-hydrogen) atoms. The molecule has 0 radical (unpaired) electrons. The second-order valence-corrected chi connectivity index (χ2v) is 9.98. The minimum absolute atomic E-state index is 0.0532. The number of rotatable bonds is 12. The van der Waals surface area contributed by atoms with E-state index in [1.807, 2.05) is 91.0 Å². The molecule has 0 bridgehead atoms. The molecule has 9 heteroatoms. The van der Waals surface area contributed by atoms with Crippen molar-refractivity contribution in [3.8, 4) is 16.9 Å². The number of hydrogen-bond acceptors (Lipinski definition) is 6. The highest BCUT2D eigenvalue weighted by Gasteiger charge is 2.52. The van der Waals surface area contributed by atoms with Crippen LogP contribution in [0.25, 0.3) is 21.6 Å². The average molecular weight is 562 g/mol. The maximum atomic E-state index is 13.4. The highest BCUT2D eigenvalue weighted by atomic mass is 16.5. The Hall–Kier alpha value is -5.11. The lowest BCUT2D eigenvalue weighted by Gasteiger charge is -2.29. The van der Waals surface area contributed by atoms with Crippen LogP contribution in [0.2, 0.25) is 0 Å². The Morgan fingerprint density at radius 2 is 1.57 bits per heavy atom. The van der Waals surface area contributed by atoms with Crippen molar-refractivity contribution in [1.29, 1.82) is 0 Å². The minimum atomic E-state index is -1.47. The number of nitrogens with two attached hydrogens (primary N) is 1. The zero-order valence-corrected chi connectivity index (χ0v) is 23.0. The summed E-state index contributed by atoms with van der Waals surface area (Å²) in [5, 5.41) is 12.7. The van der Waals surface area contributed by atoms with Crippen LogP contribution in [0.5, 0.6) is 5.75 Å². The van der Waals surface area contributed by atoms with Crippen molar-refractivity contribution in [1.82, 2.24) is 0 Å². The molecular weight excluding hydrogens is 530 g/mol. The van der Waals surface area contributed by atoms with Crippen LogP contribution in [-0.2, 0) is 22.5 Å². The molecule has 4 aromatic carbocycles. The van der Waals surface area contributed by atoms with Crippen LogP contribution in [0, 0.1) is 0 Å². The van der Waals surface area contributed by atoms with E-state index >= 15 is 0 Å². The van der Waals surface area contributed by atoms with E-state index in [1.165, 1.54) is 0 Å². The molecule has 0 unspecified atom stereocenters. The number of nitrogens with zero attached hydrogens (tertiary/aromatic N) is 4. The zero-order chi connectivity index (χ0) is 29.4. The average Bonchev–Trinajstić information content (AvgIpc) is 3.42. The number of benzene rings is 4. The lowest BCUT2D eigenvalue weighted by Crippen LogP contribution is -2.47. The molecule has 1 aliphatic rings. The molecule has 0 aliphatic carbocycles. The van der Waals surface area contributed by atoms with E-state index in [-0.39, 0.29) is 19.6 Å². The van der Waals surface area contributed by atoms with Gasteiger partial charge in [-0.25, -0.2) is 4.99 Å². The molecule has 0 fully saturated rings. The third-order valence-electron chi connectivity index (χ3n) is 7.27. The first kappa shape index (κ1) is 28.4. The Bertz CT molecular complexity index is 1600. The number of ether oxygens (including phenoxy) is 2. The van der Waals surface area contributed by atoms with Gasteiger partial charge in [-0.2, -0.15) is 0 Å². The molecule has 0 spiro atoms. The number of primary amides is 1. The maximum absolute atomic E-state index is 13.4. The van der Waals surface area contributed by atoms with Crippen LogP contribution in [0.15, 0.2) is 113 Å². The van der Waals surface area contributed by atoms with Gasteiger partial charge in [-0.3, -0.25) is 4.79 Å². The Balaban J connectivity index is 1.54. The van der Waals surface area contributed by atoms with Gasteiger partial charge in [0.1, 0.15) is 5.75 Å². The van der Waals surface area contributed by atoms with Gasteiger partial charge in [0.25, 0.3) is 0 Å². The van der Waals surface area contributed by atoms with E-state index in [0.29, 0.717) is 30.2 Å². The molecule has 1 amide bonds. The summed E-state index contributed by atoms with van der Waals surface area (Å²) >= 11 is 0. The fourth-order valence-electron chi connectivity index (χ4n) is 5.07. The number of carbonyl (C=O) groups excluding carboxylic acids is 1. The lowest BCUT2D eigenvalue weighted by atomic mass is 9.81. The van der Waals surface area contributed by atoms with Crippen molar-refractivity contribution in [2.45, 2.75) is 31.0 Å². The van der Waals surface area contributed by atoms with Gasteiger partial charge in [-0.15, -0.1) is 0 Å². The highest BCUT2D eigenvalue weighted by molar-refractivity contribution is 6.00. The molecule has 5 rings (SSSR count). The van der Waals surface area contributed by atoms with Crippen LogP contribution >= 0.6 is 0 Å². The molecule has 1 heterocycles. The summed E-state index contributed by atoms with van der Waals surface area (Å²) in [6.45, 7) is 0.582. The molecule has 4 aromatic rings. The molecule has 2 atom stereocenters. The molecule has 3 N–H and O–H groups in total. The number of azide groups is 1. The molecule has 212 valence electrons. The fourth-order valence-corrected chi connectivity index (χ4v) is 5.07. The second kappa shape index (κ2) is 13.0. The third kappa shape index (κ3) is 6.12. The Kier molecular flexibility index (Phi) is 8.82. The number of aliphatic hydroxyl groups is 1.